The smallest absolute Gasteiger partial charge is 0.187 e. The number of nitrogens with zero attached hydrogens (tertiary/aromatic N) is 4. The Morgan fingerprint density at radius 3 is 2.53 bits per heavy atom. The van der Waals surface area contributed by atoms with Crippen molar-refractivity contribution in [1.29, 1.82) is 0 Å². The van der Waals surface area contributed by atoms with Gasteiger partial charge in [-0.25, -0.2) is 20.2 Å². The molecule has 7 heteroatoms. The van der Waals surface area contributed by atoms with Crippen molar-refractivity contribution in [3.8, 4) is 11.4 Å². The lowest BCUT2D eigenvalue weighted by atomic mass is 10.2. The van der Waals surface area contributed by atoms with E-state index in [1.807, 2.05) is 6.92 Å². The van der Waals surface area contributed by atoms with Crippen LogP contribution in [0.2, 0.25) is 0 Å². The van der Waals surface area contributed by atoms with Crippen LogP contribution >= 0.6 is 0 Å². The molecule has 0 atom stereocenters. The summed E-state index contributed by atoms with van der Waals surface area (Å²) in [5.74, 6) is 5.05. The van der Waals surface area contributed by atoms with Crippen LogP contribution in [-0.4, -0.2) is 19.7 Å². The zero-order valence-corrected chi connectivity index (χ0v) is 9.82. The van der Waals surface area contributed by atoms with Gasteiger partial charge in [0, 0.05) is 13.2 Å². The van der Waals surface area contributed by atoms with Crippen molar-refractivity contribution in [3.63, 3.8) is 0 Å². The summed E-state index contributed by atoms with van der Waals surface area (Å²) < 4.78 is 15.2. The first-order chi connectivity index (χ1) is 8.02. The van der Waals surface area contributed by atoms with E-state index in [1.54, 1.807) is 24.9 Å². The molecule has 0 saturated carbocycles. The molecule has 0 aliphatic rings. The normalized spacial score (nSPS) is 10.6. The Kier molecular flexibility index (Phi) is 2.76. The van der Waals surface area contributed by atoms with Gasteiger partial charge in [0.15, 0.2) is 17.5 Å². The molecule has 0 bridgehead atoms. The predicted molar refractivity (Wildman–Crippen MR) is 61.5 cm³/mol. The van der Waals surface area contributed by atoms with Crippen LogP contribution in [-0.2, 0) is 7.05 Å². The topological polar surface area (TPSA) is 81.7 Å². The number of nitrogen functional groups attached to an aromatic ring is 1. The van der Waals surface area contributed by atoms with Crippen LogP contribution in [0.1, 0.15) is 11.4 Å². The Morgan fingerprint density at radius 1 is 1.29 bits per heavy atom. The van der Waals surface area contributed by atoms with E-state index in [1.165, 1.54) is 0 Å². The third-order valence-corrected chi connectivity index (χ3v) is 2.41. The van der Waals surface area contributed by atoms with E-state index in [0.717, 1.165) is 11.3 Å². The van der Waals surface area contributed by atoms with Crippen molar-refractivity contribution in [2.45, 2.75) is 13.8 Å². The largest absolute Gasteiger partial charge is 0.306 e. The standard InChI is InChI=1S/C10H13FN6/c1-5-7(4-17(3)16-5)9-13-6(2)8(11)10(14-9)15-12/h4H,12H2,1-3H3,(H,13,14,15). The Bertz CT molecular complexity index is 562. The molecule has 0 aromatic carbocycles. The lowest BCUT2D eigenvalue weighted by Gasteiger charge is -2.06. The van der Waals surface area contributed by atoms with Gasteiger partial charge in [-0.15, -0.1) is 0 Å². The zero-order valence-electron chi connectivity index (χ0n) is 9.82. The molecule has 2 aromatic heterocycles. The molecule has 0 amide bonds. The van der Waals surface area contributed by atoms with Crippen LogP contribution in [0.15, 0.2) is 6.20 Å². The molecule has 0 radical (unpaired) electrons. The number of aromatic nitrogens is 4. The third kappa shape index (κ3) is 1.96. The molecule has 0 spiro atoms. The summed E-state index contributed by atoms with van der Waals surface area (Å²) in [5.41, 5.74) is 4.00. The number of rotatable bonds is 2. The number of aryl methyl sites for hydroxylation is 3. The van der Waals surface area contributed by atoms with E-state index in [9.17, 15) is 4.39 Å². The summed E-state index contributed by atoms with van der Waals surface area (Å²) in [6.07, 6.45) is 1.78. The maximum Gasteiger partial charge on any atom is 0.187 e. The summed E-state index contributed by atoms with van der Waals surface area (Å²) in [6, 6.07) is 0. The molecule has 2 heterocycles. The van der Waals surface area contributed by atoms with Gasteiger partial charge < -0.3 is 5.43 Å². The average molecular weight is 236 g/mol. The molecule has 0 saturated heterocycles. The SMILES string of the molecule is Cc1nn(C)cc1-c1nc(C)c(F)c(NN)n1. The number of anilines is 1. The van der Waals surface area contributed by atoms with E-state index in [4.69, 9.17) is 5.84 Å². The fourth-order valence-corrected chi connectivity index (χ4v) is 1.59. The first-order valence-corrected chi connectivity index (χ1v) is 5.04. The van der Waals surface area contributed by atoms with Gasteiger partial charge in [0.25, 0.3) is 0 Å². The van der Waals surface area contributed by atoms with Crippen molar-refractivity contribution in [2.24, 2.45) is 12.9 Å². The van der Waals surface area contributed by atoms with Gasteiger partial charge in [-0.1, -0.05) is 0 Å². The maximum absolute atomic E-state index is 13.5. The van der Waals surface area contributed by atoms with E-state index in [0.29, 0.717) is 5.82 Å². The number of hydrogen-bond donors (Lipinski definition) is 2. The molecule has 0 aliphatic heterocycles. The number of hydrogen-bond acceptors (Lipinski definition) is 5. The van der Waals surface area contributed by atoms with Crippen LogP contribution in [0.5, 0.6) is 0 Å². The predicted octanol–water partition coefficient (Wildman–Crippen LogP) is 0.919. The van der Waals surface area contributed by atoms with E-state index >= 15 is 0 Å². The van der Waals surface area contributed by atoms with E-state index in [-0.39, 0.29) is 11.5 Å². The van der Waals surface area contributed by atoms with Gasteiger partial charge >= 0.3 is 0 Å². The van der Waals surface area contributed by atoms with Gasteiger partial charge in [-0.3, -0.25) is 4.68 Å². The van der Waals surface area contributed by atoms with Crippen molar-refractivity contribution < 1.29 is 4.39 Å². The first kappa shape index (κ1) is 11.5. The summed E-state index contributed by atoms with van der Waals surface area (Å²) in [6.45, 7) is 3.40. The van der Waals surface area contributed by atoms with Gasteiger partial charge in [-0.05, 0) is 13.8 Å². The van der Waals surface area contributed by atoms with Crippen LogP contribution in [0, 0.1) is 19.7 Å². The summed E-state index contributed by atoms with van der Waals surface area (Å²) in [7, 11) is 1.80. The highest BCUT2D eigenvalue weighted by atomic mass is 19.1. The highest BCUT2D eigenvalue weighted by Crippen LogP contribution is 2.22. The minimum absolute atomic E-state index is 0.0178. The van der Waals surface area contributed by atoms with Gasteiger partial charge in [0.2, 0.25) is 0 Å². The van der Waals surface area contributed by atoms with Crippen LogP contribution < -0.4 is 11.3 Å². The van der Waals surface area contributed by atoms with Crippen molar-refractivity contribution >= 4 is 5.82 Å². The van der Waals surface area contributed by atoms with Crippen molar-refractivity contribution in [1.82, 2.24) is 19.7 Å². The molecule has 6 nitrogen and oxygen atoms in total. The Labute approximate surface area is 97.7 Å². The molecular weight excluding hydrogens is 223 g/mol. The lowest BCUT2D eigenvalue weighted by molar-refractivity contribution is 0.606. The number of halogens is 1. The van der Waals surface area contributed by atoms with Crippen LogP contribution in [0.3, 0.4) is 0 Å². The number of nitrogens with one attached hydrogen (secondary N) is 1. The minimum Gasteiger partial charge on any atom is -0.306 e. The quantitative estimate of drug-likeness (QED) is 0.598. The van der Waals surface area contributed by atoms with Crippen LogP contribution in [0.25, 0.3) is 11.4 Å². The Balaban J connectivity index is 2.60. The summed E-state index contributed by atoms with van der Waals surface area (Å²) in [5, 5.41) is 4.19. The second-order valence-electron chi connectivity index (χ2n) is 3.74. The fraction of sp³-hybridized carbons (Fsp3) is 0.300. The summed E-state index contributed by atoms with van der Waals surface area (Å²) >= 11 is 0. The minimum atomic E-state index is -0.544. The maximum atomic E-state index is 13.5. The summed E-state index contributed by atoms with van der Waals surface area (Å²) in [4.78, 5) is 8.11. The van der Waals surface area contributed by atoms with E-state index < -0.39 is 5.82 Å². The molecule has 3 N–H and O–H groups in total. The van der Waals surface area contributed by atoms with E-state index in [2.05, 4.69) is 20.5 Å². The van der Waals surface area contributed by atoms with Gasteiger partial charge in [-0.2, -0.15) is 5.10 Å². The van der Waals surface area contributed by atoms with Crippen LogP contribution in [0.4, 0.5) is 10.2 Å². The zero-order chi connectivity index (χ0) is 12.6. The highest BCUT2D eigenvalue weighted by molar-refractivity contribution is 5.59. The molecular formula is C10H13FN6. The second-order valence-corrected chi connectivity index (χ2v) is 3.74. The second kappa shape index (κ2) is 4.10. The molecule has 0 fully saturated rings. The molecule has 0 unspecified atom stereocenters. The fourth-order valence-electron chi connectivity index (χ4n) is 1.59. The third-order valence-electron chi connectivity index (χ3n) is 2.41. The molecule has 2 aromatic rings. The average Bonchev–Trinajstić information content (AvgIpc) is 2.61. The molecule has 2 rings (SSSR count). The molecule has 17 heavy (non-hydrogen) atoms. The molecule has 90 valence electrons. The van der Waals surface area contributed by atoms with Gasteiger partial charge in [0.05, 0.1) is 17.0 Å². The van der Waals surface area contributed by atoms with Gasteiger partial charge in [0.1, 0.15) is 0 Å². The Hall–Kier alpha value is -2.02. The highest BCUT2D eigenvalue weighted by Gasteiger charge is 2.14. The van der Waals surface area contributed by atoms with Crippen molar-refractivity contribution in [2.75, 3.05) is 5.43 Å². The van der Waals surface area contributed by atoms with Crippen molar-refractivity contribution in [3.05, 3.63) is 23.4 Å². The lowest BCUT2D eigenvalue weighted by Crippen LogP contribution is -2.13. The first-order valence-electron chi connectivity index (χ1n) is 5.04. The number of nitrogens with two attached hydrogens (primary N) is 1. The molecule has 0 aliphatic carbocycles. The Morgan fingerprint density at radius 2 is 2.00 bits per heavy atom. The monoisotopic (exact) mass is 236 g/mol. The number of hydrazine groups is 1.